The van der Waals surface area contributed by atoms with Crippen LogP contribution in [0.3, 0.4) is 0 Å². The Kier molecular flexibility index (Phi) is 12.3. The van der Waals surface area contributed by atoms with Gasteiger partial charge in [-0.3, -0.25) is 4.79 Å². The van der Waals surface area contributed by atoms with Gasteiger partial charge < -0.3 is 24.0 Å². The smallest absolute Gasteiger partial charge is 0.321 e. The van der Waals surface area contributed by atoms with Gasteiger partial charge in [-0.1, -0.05) is 121 Å². The molecule has 4 atom stereocenters. The quantitative estimate of drug-likeness (QED) is 0.0453. The van der Waals surface area contributed by atoms with E-state index >= 15 is 4.79 Å². The number of hydrogen-bond donors (Lipinski definition) is 0. The van der Waals surface area contributed by atoms with Crippen molar-refractivity contribution in [2.45, 2.75) is 102 Å². The minimum Gasteiger partial charge on any atom is -0.360 e. The van der Waals surface area contributed by atoms with Crippen molar-refractivity contribution >= 4 is 46.7 Å². The Bertz CT molecular complexity index is 2120. The Morgan fingerprint density at radius 1 is 0.786 bits per heavy atom. The molecule has 0 spiro atoms. The molecule has 2 aliphatic rings. The number of carbonyl (C=O) groups excluding carboxylic acids is 2. The average Bonchev–Trinajstić information content (AvgIpc) is 3.73. The lowest BCUT2D eigenvalue weighted by Crippen LogP contribution is -2.51. The number of aromatic nitrogens is 2. The molecule has 4 aromatic carbocycles. The molecule has 2 saturated heterocycles. The number of halogens is 1. The van der Waals surface area contributed by atoms with Crippen molar-refractivity contribution in [3.8, 4) is 0 Å². The zero-order valence-corrected chi connectivity index (χ0v) is 35.7. The SMILES string of the molecule is CC1(C)O[C@@H]2[C@@H](O1)[C@@H](Cc1ccccc1)N(Cc1ccc3c(cnn3COCC[Si](C)(C)C)c1)C(=O)N(Cc1cccc(C(=O)CBr)c1)[C@@H]2Cc1ccccc1. The Morgan fingerprint density at radius 2 is 1.36 bits per heavy atom. The molecule has 0 N–H and O–H groups in total. The summed E-state index contributed by atoms with van der Waals surface area (Å²) in [5.74, 6) is -0.880. The van der Waals surface area contributed by atoms with Crippen molar-refractivity contribution in [1.29, 1.82) is 0 Å². The third-order valence-electron chi connectivity index (χ3n) is 10.8. The number of urea groups is 1. The summed E-state index contributed by atoms with van der Waals surface area (Å²) in [6.45, 7) is 12.7. The van der Waals surface area contributed by atoms with Crippen LogP contribution in [0.2, 0.25) is 25.7 Å². The lowest BCUT2D eigenvalue weighted by atomic mass is 9.91. The largest absolute Gasteiger partial charge is 0.360 e. The number of ether oxygens (including phenoxy) is 3. The number of benzene rings is 4. The molecule has 1 aromatic heterocycles. The molecule has 5 aromatic rings. The van der Waals surface area contributed by atoms with Crippen LogP contribution in [0.1, 0.15) is 46.5 Å². The van der Waals surface area contributed by atoms with E-state index in [1.54, 1.807) is 0 Å². The molecule has 0 saturated carbocycles. The van der Waals surface area contributed by atoms with E-state index in [1.165, 1.54) is 0 Å². The topological polar surface area (TPSA) is 86.1 Å². The number of hydrogen-bond acceptors (Lipinski definition) is 6. The van der Waals surface area contributed by atoms with E-state index < -0.39 is 26.1 Å². The maximum atomic E-state index is 15.5. The highest BCUT2D eigenvalue weighted by molar-refractivity contribution is 9.09. The number of amides is 2. The van der Waals surface area contributed by atoms with Gasteiger partial charge in [0.15, 0.2) is 11.6 Å². The van der Waals surface area contributed by atoms with Gasteiger partial charge in [0.05, 0.1) is 29.1 Å². The number of alkyl halides is 1. The fraction of sp³-hybridized carbons (Fsp3) is 0.400. The van der Waals surface area contributed by atoms with E-state index in [9.17, 15) is 4.79 Å². The van der Waals surface area contributed by atoms with Gasteiger partial charge in [0.25, 0.3) is 0 Å². The summed E-state index contributed by atoms with van der Waals surface area (Å²) in [6.07, 6.45) is 2.19. The zero-order valence-electron chi connectivity index (χ0n) is 33.1. The van der Waals surface area contributed by atoms with Gasteiger partial charge in [-0.2, -0.15) is 5.10 Å². The van der Waals surface area contributed by atoms with E-state index in [2.05, 4.69) is 83.1 Å². The van der Waals surface area contributed by atoms with Gasteiger partial charge in [-0.25, -0.2) is 9.48 Å². The van der Waals surface area contributed by atoms with Crippen LogP contribution >= 0.6 is 15.9 Å². The molecule has 2 amide bonds. The number of ketones is 1. The molecule has 11 heteroatoms. The van der Waals surface area contributed by atoms with Gasteiger partial charge >= 0.3 is 6.03 Å². The molecule has 56 heavy (non-hydrogen) atoms. The van der Waals surface area contributed by atoms with E-state index in [-0.39, 0.29) is 29.2 Å². The van der Waals surface area contributed by atoms with Crippen molar-refractivity contribution in [3.05, 3.63) is 137 Å². The molecule has 2 aliphatic heterocycles. The Balaban J connectivity index is 1.29. The second kappa shape index (κ2) is 17.2. The number of fused-ring (bicyclic) bond motifs is 2. The zero-order chi connectivity index (χ0) is 39.5. The van der Waals surface area contributed by atoms with Gasteiger partial charge in [-0.05, 0) is 73.2 Å². The number of nitrogens with zero attached hydrogens (tertiary/aromatic N) is 4. The van der Waals surface area contributed by atoms with Crippen LogP contribution in [0.4, 0.5) is 4.79 Å². The summed E-state index contributed by atoms with van der Waals surface area (Å²) in [6, 6.07) is 34.8. The van der Waals surface area contributed by atoms with Gasteiger partial charge in [0.2, 0.25) is 0 Å². The van der Waals surface area contributed by atoms with Crippen LogP contribution in [0.5, 0.6) is 0 Å². The number of carbonyl (C=O) groups is 2. The Labute approximate surface area is 340 Å². The first-order chi connectivity index (χ1) is 26.9. The average molecular weight is 838 g/mol. The second-order valence-corrected chi connectivity index (χ2v) is 22.9. The summed E-state index contributed by atoms with van der Waals surface area (Å²) in [4.78, 5) is 32.3. The lowest BCUT2D eigenvalue weighted by molar-refractivity contribution is -0.157. The number of Topliss-reactive ketones (excluding diaryl/α,β-unsaturated/α-hetero) is 1. The monoisotopic (exact) mass is 836 g/mol. The Morgan fingerprint density at radius 3 is 1.93 bits per heavy atom. The molecular formula is C45H53BrN4O5Si. The van der Waals surface area contributed by atoms with Gasteiger partial charge in [-0.15, -0.1) is 0 Å². The van der Waals surface area contributed by atoms with Crippen LogP contribution in [-0.4, -0.2) is 81.5 Å². The van der Waals surface area contributed by atoms with Crippen molar-refractivity contribution in [2.24, 2.45) is 0 Å². The first-order valence-corrected chi connectivity index (χ1v) is 24.4. The Hall–Kier alpha value is -4.13. The summed E-state index contributed by atoms with van der Waals surface area (Å²) >= 11 is 3.33. The van der Waals surface area contributed by atoms with E-state index in [0.717, 1.165) is 45.8 Å². The van der Waals surface area contributed by atoms with Crippen LogP contribution in [0.15, 0.2) is 109 Å². The van der Waals surface area contributed by atoms with E-state index in [1.807, 2.05) is 95.2 Å². The second-order valence-electron chi connectivity index (χ2n) is 16.8. The molecule has 7 rings (SSSR count). The van der Waals surface area contributed by atoms with Crippen LogP contribution in [-0.2, 0) is 46.9 Å². The predicted octanol–water partition coefficient (Wildman–Crippen LogP) is 9.11. The summed E-state index contributed by atoms with van der Waals surface area (Å²) in [7, 11) is -1.20. The summed E-state index contributed by atoms with van der Waals surface area (Å²) < 4.78 is 21.7. The summed E-state index contributed by atoms with van der Waals surface area (Å²) in [5.41, 5.74) is 5.67. The molecule has 9 nitrogen and oxygen atoms in total. The van der Waals surface area contributed by atoms with E-state index in [0.29, 0.717) is 38.2 Å². The highest BCUT2D eigenvalue weighted by Gasteiger charge is 2.55. The fourth-order valence-electron chi connectivity index (χ4n) is 7.93. The standard InChI is InChI=1S/C45H53BrN4O5Si/c1-45(2)54-42-39(25-32-13-8-6-9-14-32)48(29-34-17-12-18-36(23-34)41(51)27-46)44(52)49(40(43(42)55-45)26-33-15-10-7-11-16-33)30-35-19-20-38-37(24-35)28-47-50(38)31-53-21-22-56(3,4)5/h6-20,23-24,28,39-40,42-43H,21-22,25-27,29-31H2,1-5H3/t39-,40-,42+,43+/m1/s1. The first-order valence-electron chi connectivity index (χ1n) is 19.6. The predicted molar refractivity (Wildman–Crippen MR) is 227 cm³/mol. The van der Waals surface area contributed by atoms with Crippen LogP contribution in [0.25, 0.3) is 10.9 Å². The van der Waals surface area contributed by atoms with E-state index in [4.69, 9.17) is 14.2 Å². The molecule has 3 heterocycles. The summed E-state index contributed by atoms with van der Waals surface area (Å²) in [5, 5.41) is 5.88. The molecule has 0 radical (unpaired) electrons. The number of rotatable bonds is 15. The highest BCUT2D eigenvalue weighted by atomic mass is 79.9. The van der Waals surface area contributed by atoms with Gasteiger partial charge in [0, 0.05) is 38.7 Å². The third kappa shape index (κ3) is 9.52. The highest BCUT2D eigenvalue weighted by Crippen LogP contribution is 2.40. The third-order valence-corrected chi connectivity index (χ3v) is 13.0. The normalized spacial score (nSPS) is 21.0. The maximum absolute atomic E-state index is 15.5. The molecule has 294 valence electrons. The van der Waals surface area contributed by atoms with Crippen molar-refractivity contribution in [1.82, 2.24) is 19.6 Å². The first kappa shape index (κ1) is 40.1. The van der Waals surface area contributed by atoms with Crippen molar-refractivity contribution in [3.63, 3.8) is 0 Å². The minimum atomic E-state index is -1.20. The van der Waals surface area contributed by atoms with Gasteiger partial charge in [0.1, 0.15) is 18.9 Å². The maximum Gasteiger partial charge on any atom is 0.321 e. The molecular weight excluding hydrogens is 785 g/mol. The molecule has 0 unspecified atom stereocenters. The minimum absolute atomic E-state index is 0.00869. The molecule has 0 aliphatic carbocycles. The van der Waals surface area contributed by atoms with Crippen molar-refractivity contribution < 1.29 is 23.8 Å². The van der Waals surface area contributed by atoms with Crippen molar-refractivity contribution in [2.75, 3.05) is 11.9 Å². The van der Waals surface area contributed by atoms with Crippen LogP contribution in [0, 0.1) is 0 Å². The fourth-order valence-corrected chi connectivity index (χ4v) is 9.01. The molecule has 0 bridgehead atoms. The van der Waals surface area contributed by atoms with Crippen LogP contribution < -0.4 is 0 Å². The molecule has 2 fully saturated rings. The lowest BCUT2D eigenvalue weighted by Gasteiger charge is -2.37.